The van der Waals surface area contributed by atoms with Crippen molar-refractivity contribution in [1.82, 2.24) is 4.98 Å². The Labute approximate surface area is 113 Å². The van der Waals surface area contributed by atoms with Crippen LogP contribution in [-0.2, 0) is 5.33 Å². The van der Waals surface area contributed by atoms with E-state index in [4.69, 9.17) is 4.74 Å². The number of halogens is 3. The fourth-order valence-electron chi connectivity index (χ4n) is 1.49. The standard InChI is InChI=1S/C11H8BrF2NO.C2H6/c1-16-9-4-6(5-12)7-2-3-8(13)10(14)11(7)15-9;1-2/h2-4H,5H2,1H3;1-2H3. The van der Waals surface area contributed by atoms with Crippen LogP contribution in [0.2, 0.25) is 0 Å². The molecule has 0 amide bonds. The lowest BCUT2D eigenvalue weighted by atomic mass is 10.1. The van der Waals surface area contributed by atoms with E-state index >= 15 is 0 Å². The Balaban J connectivity index is 0.000000771. The summed E-state index contributed by atoms with van der Waals surface area (Å²) in [7, 11) is 1.43. The van der Waals surface area contributed by atoms with Gasteiger partial charge in [0.15, 0.2) is 11.6 Å². The van der Waals surface area contributed by atoms with Crippen LogP contribution < -0.4 is 4.74 Å². The highest BCUT2D eigenvalue weighted by molar-refractivity contribution is 9.08. The van der Waals surface area contributed by atoms with Gasteiger partial charge in [-0.15, -0.1) is 0 Å². The third-order valence-corrected chi connectivity index (χ3v) is 2.89. The molecule has 0 radical (unpaired) electrons. The molecule has 0 spiro atoms. The van der Waals surface area contributed by atoms with Crippen molar-refractivity contribution >= 4 is 26.8 Å². The Morgan fingerprint density at radius 3 is 2.50 bits per heavy atom. The molecule has 98 valence electrons. The minimum absolute atomic E-state index is 0.00574. The Morgan fingerprint density at radius 1 is 1.28 bits per heavy atom. The van der Waals surface area contributed by atoms with Crippen molar-refractivity contribution in [3.8, 4) is 5.88 Å². The lowest BCUT2D eigenvalue weighted by Gasteiger charge is -2.07. The van der Waals surface area contributed by atoms with Crippen LogP contribution >= 0.6 is 15.9 Å². The first kappa shape index (κ1) is 14.8. The topological polar surface area (TPSA) is 22.1 Å². The predicted molar refractivity (Wildman–Crippen MR) is 72.2 cm³/mol. The maximum Gasteiger partial charge on any atom is 0.213 e. The molecule has 2 rings (SSSR count). The van der Waals surface area contributed by atoms with Gasteiger partial charge in [-0.1, -0.05) is 29.8 Å². The summed E-state index contributed by atoms with van der Waals surface area (Å²) >= 11 is 3.29. The molecule has 0 unspecified atom stereocenters. The summed E-state index contributed by atoms with van der Waals surface area (Å²) in [5.41, 5.74) is 0.801. The number of pyridine rings is 1. The number of ether oxygens (including phenoxy) is 1. The number of nitrogens with zero attached hydrogens (tertiary/aromatic N) is 1. The van der Waals surface area contributed by atoms with Gasteiger partial charge in [-0.05, 0) is 17.7 Å². The van der Waals surface area contributed by atoms with Gasteiger partial charge in [0.25, 0.3) is 0 Å². The second kappa shape index (κ2) is 6.64. The zero-order valence-corrected chi connectivity index (χ0v) is 12.0. The van der Waals surface area contributed by atoms with Crippen molar-refractivity contribution in [2.75, 3.05) is 7.11 Å². The molecule has 5 heteroatoms. The van der Waals surface area contributed by atoms with Gasteiger partial charge in [-0.3, -0.25) is 0 Å². The van der Waals surface area contributed by atoms with Gasteiger partial charge < -0.3 is 4.74 Å². The van der Waals surface area contributed by atoms with Gasteiger partial charge in [0.2, 0.25) is 5.88 Å². The molecule has 0 saturated carbocycles. The summed E-state index contributed by atoms with van der Waals surface area (Å²) < 4.78 is 31.5. The first-order chi connectivity index (χ1) is 8.67. The maximum atomic E-state index is 13.5. The summed E-state index contributed by atoms with van der Waals surface area (Å²) in [4.78, 5) is 3.90. The maximum absolute atomic E-state index is 13.5. The number of benzene rings is 1. The number of hydrogen-bond donors (Lipinski definition) is 0. The molecule has 2 aromatic rings. The first-order valence-corrected chi connectivity index (χ1v) is 6.67. The van der Waals surface area contributed by atoms with E-state index in [-0.39, 0.29) is 11.4 Å². The van der Waals surface area contributed by atoms with Crippen LogP contribution in [0, 0.1) is 11.6 Å². The zero-order valence-electron chi connectivity index (χ0n) is 10.4. The van der Waals surface area contributed by atoms with E-state index in [2.05, 4.69) is 20.9 Å². The lowest BCUT2D eigenvalue weighted by molar-refractivity contribution is 0.398. The number of methoxy groups -OCH3 is 1. The number of fused-ring (bicyclic) bond motifs is 1. The van der Waals surface area contributed by atoms with Gasteiger partial charge in [0, 0.05) is 16.8 Å². The van der Waals surface area contributed by atoms with Crippen LogP contribution in [0.1, 0.15) is 19.4 Å². The zero-order chi connectivity index (χ0) is 13.7. The second-order valence-electron chi connectivity index (χ2n) is 3.21. The molecule has 0 aliphatic rings. The van der Waals surface area contributed by atoms with Gasteiger partial charge in [-0.25, -0.2) is 13.8 Å². The Bertz CT molecular complexity index is 546. The van der Waals surface area contributed by atoms with Crippen molar-refractivity contribution < 1.29 is 13.5 Å². The molecule has 0 bridgehead atoms. The third kappa shape index (κ3) is 2.77. The molecule has 1 aromatic carbocycles. The normalized spacial score (nSPS) is 9.89. The van der Waals surface area contributed by atoms with Crippen LogP contribution in [0.5, 0.6) is 5.88 Å². The van der Waals surface area contributed by atoms with E-state index in [0.717, 1.165) is 11.6 Å². The van der Waals surface area contributed by atoms with Gasteiger partial charge >= 0.3 is 0 Å². The van der Waals surface area contributed by atoms with Crippen molar-refractivity contribution in [2.45, 2.75) is 19.2 Å². The average molecular weight is 318 g/mol. The summed E-state index contributed by atoms with van der Waals surface area (Å²) in [6.07, 6.45) is 0. The number of hydrogen-bond acceptors (Lipinski definition) is 2. The van der Waals surface area contributed by atoms with Gasteiger partial charge in [0.1, 0.15) is 5.52 Å². The summed E-state index contributed by atoms with van der Waals surface area (Å²) in [5, 5.41) is 1.10. The van der Waals surface area contributed by atoms with E-state index in [1.54, 1.807) is 6.07 Å². The lowest BCUT2D eigenvalue weighted by Crippen LogP contribution is -1.96. The highest BCUT2D eigenvalue weighted by Gasteiger charge is 2.12. The van der Waals surface area contributed by atoms with Crippen LogP contribution in [0.25, 0.3) is 10.9 Å². The molecule has 18 heavy (non-hydrogen) atoms. The molecule has 1 aromatic heterocycles. The van der Waals surface area contributed by atoms with Crippen molar-refractivity contribution in [3.05, 3.63) is 35.4 Å². The second-order valence-corrected chi connectivity index (χ2v) is 3.78. The first-order valence-electron chi connectivity index (χ1n) is 5.55. The van der Waals surface area contributed by atoms with E-state index in [0.29, 0.717) is 10.7 Å². The molecule has 0 aliphatic heterocycles. The van der Waals surface area contributed by atoms with Crippen molar-refractivity contribution in [1.29, 1.82) is 0 Å². The minimum Gasteiger partial charge on any atom is -0.481 e. The molecule has 0 aliphatic carbocycles. The minimum atomic E-state index is -0.946. The monoisotopic (exact) mass is 317 g/mol. The fourth-order valence-corrected chi connectivity index (χ4v) is 1.96. The summed E-state index contributed by atoms with van der Waals surface area (Å²) in [5.74, 6) is -1.58. The Morgan fingerprint density at radius 2 is 1.94 bits per heavy atom. The number of aromatic nitrogens is 1. The highest BCUT2D eigenvalue weighted by Crippen LogP contribution is 2.26. The van der Waals surface area contributed by atoms with Crippen LogP contribution in [0.15, 0.2) is 18.2 Å². The van der Waals surface area contributed by atoms with Crippen LogP contribution in [0.4, 0.5) is 8.78 Å². The number of rotatable bonds is 2. The van der Waals surface area contributed by atoms with Crippen molar-refractivity contribution in [2.24, 2.45) is 0 Å². The van der Waals surface area contributed by atoms with Crippen LogP contribution in [-0.4, -0.2) is 12.1 Å². The molecule has 0 N–H and O–H groups in total. The molecular formula is C13H14BrF2NO. The quantitative estimate of drug-likeness (QED) is 0.764. The molecule has 2 nitrogen and oxygen atoms in total. The number of alkyl halides is 1. The summed E-state index contributed by atoms with van der Waals surface area (Å²) in [6.45, 7) is 4.00. The SMILES string of the molecule is CC.COc1cc(CBr)c2ccc(F)c(F)c2n1. The summed E-state index contributed by atoms with van der Waals surface area (Å²) in [6, 6.07) is 4.29. The fraction of sp³-hybridized carbons (Fsp3) is 0.308. The van der Waals surface area contributed by atoms with Gasteiger partial charge in [-0.2, -0.15) is 0 Å². The molecule has 0 saturated heterocycles. The largest absolute Gasteiger partial charge is 0.481 e. The molecule has 1 heterocycles. The van der Waals surface area contributed by atoms with E-state index < -0.39 is 11.6 Å². The van der Waals surface area contributed by atoms with E-state index in [9.17, 15) is 8.78 Å². The predicted octanol–water partition coefficient (Wildman–Crippen LogP) is 4.44. The van der Waals surface area contributed by atoms with E-state index in [1.165, 1.54) is 13.2 Å². The molecule has 0 fully saturated rings. The smallest absolute Gasteiger partial charge is 0.213 e. The Hall–Kier alpha value is -1.23. The Kier molecular flexibility index (Phi) is 5.47. The molecular weight excluding hydrogens is 304 g/mol. The van der Waals surface area contributed by atoms with Gasteiger partial charge in [0.05, 0.1) is 7.11 Å². The average Bonchev–Trinajstić information content (AvgIpc) is 2.44. The van der Waals surface area contributed by atoms with Crippen molar-refractivity contribution in [3.63, 3.8) is 0 Å². The van der Waals surface area contributed by atoms with Crippen LogP contribution in [0.3, 0.4) is 0 Å². The third-order valence-electron chi connectivity index (χ3n) is 2.29. The highest BCUT2D eigenvalue weighted by atomic mass is 79.9. The molecule has 0 atom stereocenters. The van der Waals surface area contributed by atoms with E-state index in [1.807, 2.05) is 13.8 Å².